The molecule has 0 aliphatic heterocycles. The zero-order valence-electron chi connectivity index (χ0n) is 12.4. The molecule has 0 spiro atoms. The SMILES string of the molecule is CCN(CC)C(CO)c1ccc(C(C)(C)C)cc1. The standard InChI is InChI=1S/C16H27NO/c1-6-17(7-2)15(12-18)13-8-10-14(11-9-13)16(3,4)5/h8-11,15,18H,6-7,12H2,1-5H3. The molecule has 1 atom stereocenters. The molecule has 1 N–H and O–H groups in total. The molecule has 102 valence electrons. The number of benzene rings is 1. The lowest BCUT2D eigenvalue weighted by atomic mass is 9.86. The average Bonchev–Trinajstić information content (AvgIpc) is 2.35. The topological polar surface area (TPSA) is 23.5 Å². The van der Waals surface area contributed by atoms with Gasteiger partial charge in [-0.15, -0.1) is 0 Å². The fourth-order valence-electron chi connectivity index (χ4n) is 2.30. The Morgan fingerprint density at radius 1 is 1.06 bits per heavy atom. The highest BCUT2D eigenvalue weighted by molar-refractivity contribution is 5.29. The summed E-state index contributed by atoms with van der Waals surface area (Å²) in [5, 5.41) is 9.60. The Bertz CT molecular complexity index is 346. The Morgan fingerprint density at radius 2 is 1.56 bits per heavy atom. The van der Waals surface area contributed by atoms with Crippen LogP contribution in [-0.2, 0) is 5.41 Å². The van der Waals surface area contributed by atoms with Crippen molar-refractivity contribution < 1.29 is 5.11 Å². The highest BCUT2D eigenvalue weighted by Gasteiger charge is 2.18. The van der Waals surface area contributed by atoms with Gasteiger partial charge in [0.2, 0.25) is 0 Å². The Balaban J connectivity index is 2.95. The summed E-state index contributed by atoms with van der Waals surface area (Å²) >= 11 is 0. The molecule has 0 fully saturated rings. The molecule has 0 saturated heterocycles. The van der Waals surface area contributed by atoms with Crippen LogP contribution in [0.25, 0.3) is 0 Å². The van der Waals surface area contributed by atoms with E-state index in [0.717, 1.165) is 13.1 Å². The van der Waals surface area contributed by atoms with Crippen LogP contribution >= 0.6 is 0 Å². The second kappa shape index (κ2) is 6.35. The van der Waals surface area contributed by atoms with Crippen LogP contribution in [-0.4, -0.2) is 29.7 Å². The summed E-state index contributed by atoms with van der Waals surface area (Å²) in [4.78, 5) is 2.28. The number of hydrogen-bond acceptors (Lipinski definition) is 2. The first-order valence-corrected chi connectivity index (χ1v) is 6.89. The van der Waals surface area contributed by atoms with E-state index in [2.05, 4.69) is 63.8 Å². The van der Waals surface area contributed by atoms with E-state index >= 15 is 0 Å². The van der Waals surface area contributed by atoms with Gasteiger partial charge in [0.05, 0.1) is 12.6 Å². The highest BCUT2D eigenvalue weighted by atomic mass is 16.3. The van der Waals surface area contributed by atoms with Crippen molar-refractivity contribution in [2.24, 2.45) is 0 Å². The van der Waals surface area contributed by atoms with Gasteiger partial charge in [0.25, 0.3) is 0 Å². The summed E-state index contributed by atoms with van der Waals surface area (Å²) in [6, 6.07) is 8.79. The number of aliphatic hydroxyl groups excluding tert-OH is 1. The third kappa shape index (κ3) is 3.56. The Hall–Kier alpha value is -0.860. The van der Waals surface area contributed by atoms with Gasteiger partial charge in [-0.05, 0) is 29.6 Å². The minimum absolute atomic E-state index is 0.119. The van der Waals surface area contributed by atoms with Gasteiger partial charge in [0.1, 0.15) is 0 Å². The molecule has 1 unspecified atom stereocenters. The van der Waals surface area contributed by atoms with Crippen LogP contribution in [0, 0.1) is 0 Å². The van der Waals surface area contributed by atoms with E-state index in [4.69, 9.17) is 0 Å². The van der Waals surface area contributed by atoms with Gasteiger partial charge in [0.15, 0.2) is 0 Å². The van der Waals surface area contributed by atoms with Crippen molar-refractivity contribution in [2.75, 3.05) is 19.7 Å². The average molecular weight is 249 g/mol. The normalized spacial score (nSPS) is 13.9. The molecule has 0 aromatic heterocycles. The summed E-state index contributed by atoms with van der Waals surface area (Å²) in [6.07, 6.45) is 0. The molecule has 2 heteroatoms. The molecule has 2 nitrogen and oxygen atoms in total. The Labute approximate surface area is 112 Å². The lowest BCUT2D eigenvalue weighted by Crippen LogP contribution is -2.30. The largest absolute Gasteiger partial charge is 0.394 e. The molecular weight excluding hydrogens is 222 g/mol. The van der Waals surface area contributed by atoms with Crippen molar-refractivity contribution in [3.63, 3.8) is 0 Å². The van der Waals surface area contributed by atoms with Crippen molar-refractivity contribution in [3.8, 4) is 0 Å². The van der Waals surface area contributed by atoms with E-state index in [0.29, 0.717) is 0 Å². The third-order valence-electron chi connectivity index (χ3n) is 3.59. The molecule has 0 bridgehead atoms. The monoisotopic (exact) mass is 249 g/mol. The number of likely N-dealkylation sites (N-methyl/N-ethyl adjacent to an activating group) is 1. The molecule has 1 rings (SSSR count). The van der Waals surface area contributed by atoms with Gasteiger partial charge in [-0.2, -0.15) is 0 Å². The second-order valence-electron chi connectivity index (χ2n) is 5.79. The molecule has 0 radical (unpaired) electrons. The highest BCUT2D eigenvalue weighted by Crippen LogP contribution is 2.25. The van der Waals surface area contributed by atoms with E-state index in [-0.39, 0.29) is 18.1 Å². The zero-order chi connectivity index (χ0) is 13.8. The Morgan fingerprint density at radius 3 is 1.89 bits per heavy atom. The summed E-state index contributed by atoms with van der Waals surface area (Å²) in [6.45, 7) is 13.0. The number of nitrogens with zero attached hydrogens (tertiary/aromatic N) is 1. The van der Waals surface area contributed by atoms with Crippen molar-refractivity contribution >= 4 is 0 Å². The minimum atomic E-state index is 0.119. The van der Waals surface area contributed by atoms with Crippen LogP contribution in [0.15, 0.2) is 24.3 Å². The van der Waals surface area contributed by atoms with Crippen molar-refractivity contribution in [2.45, 2.75) is 46.1 Å². The summed E-state index contributed by atoms with van der Waals surface area (Å²) in [7, 11) is 0. The molecule has 0 aliphatic carbocycles. The van der Waals surface area contributed by atoms with E-state index < -0.39 is 0 Å². The summed E-state index contributed by atoms with van der Waals surface area (Å²) < 4.78 is 0. The van der Waals surface area contributed by atoms with Gasteiger partial charge in [-0.3, -0.25) is 4.90 Å². The van der Waals surface area contributed by atoms with Crippen LogP contribution in [0.4, 0.5) is 0 Å². The first-order valence-electron chi connectivity index (χ1n) is 6.89. The van der Waals surface area contributed by atoms with Crippen LogP contribution in [0.5, 0.6) is 0 Å². The Kier molecular flexibility index (Phi) is 5.36. The van der Waals surface area contributed by atoms with Gasteiger partial charge >= 0.3 is 0 Å². The molecule has 1 aromatic rings. The van der Waals surface area contributed by atoms with Crippen LogP contribution in [0.3, 0.4) is 0 Å². The zero-order valence-corrected chi connectivity index (χ0v) is 12.4. The quantitative estimate of drug-likeness (QED) is 0.865. The van der Waals surface area contributed by atoms with E-state index in [9.17, 15) is 5.11 Å². The number of hydrogen-bond donors (Lipinski definition) is 1. The van der Waals surface area contributed by atoms with Crippen LogP contribution < -0.4 is 0 Å². The molecule has 1 aromatic carbocycles. The van der Waals surface area contributed by atoms with Crippen molar-refractivity contribution in [3.05, 3.63) is 35.4 Å². The van der Waals surface area contributed by atoms with E-state index in [1.54, 1.807) is 0 Å². The molecule has 0 heterocycles. The molecule has 0 saturated carbocycles. The van der Waals surface area contributed by atoms with Gasteiger partial charge in [0, 0.05) is 0 Å². The summed E-state index contributed by atoms with van der Waals surface area (Å²) in [5.74, 6) is 0. The fourth-order valence-corrected chi connectivity index (χ4v) is 2.30. The molecule has 0 amide bonds. The number of rotatable bonds is 5. The number of aliphatic hydroxyl groups is 1. The third-order valence-corrected chi connectivity index (χ3v) is 3.59. The lowest BCUT2D eigenvalue weighted by molar-refractivity contribution is 0.134. The van der Waals surface area contributed by atoms with Gasteiger partial charge in [-0.1, -0.05) is 58.9 Å². The van der Waals surface area contributed by atoms with Crippen LogP contribution in [0.2, 0.25) is 0 Å². The van der Waals surface area contributed by atoms with Crippen LogP contribution in [0.1, 0.15) is 51.8 Å². The fraction of sp³-hybridized carbons (Fsp3) is 0.625. The lowest BCUT2D eigenvalue weighted by Gasteiger charge is -2.29. The summed E-state index contributed by atoms with van der Waals surface area (Å²) in [5.41, 5.74) is 2.72. The molecule has 18 heavy (non-hydrogen) atoms. The van der Waals surface area contributed by atoms with Gasteiger partial charge < -0.3 is 5.11 Å². The first kappa shape index (κ1) is 15.2. The van der Waals surface area contributed by atoms with Gasteiger partial charge in [-0.25, -0.2) is 0 Å². The van der Waals surface area contributed by atoms with Crippen molar-refractivity contribution in [1.29, 1.82) is 0 Å². The predicted molar refractivity (Wildman–Crippen MR) is 77.9 cm³/mol. The molecule has 0 aliphatic rings. The maximum Gasteiger partial charge on any atom is 0.0628 e. The molecular formula is C16H27NO. The second-order valence-corrected chi connectivity index (χ2v) is 5.79. The van der Waals surface area contributed by atoms with E-state index in [1.807, 2.05) is 0 Å². The van der Waals surface area contributed by atoms with E-state index in [1.165, 1.54) is 11.1 Å². The maximum absolute atomic E-state index is 9.60. The first-order chi connectivity index (χ1) is 8.43. The smallest absolute Gasteiger partial charge is 0.0628 e. The van der Waals surface area contributed by atoms with Crippen molar-refractivity contribution in [1.82, 2.24) is 4.90 Å². The maximum atomic E-state index is 9.60. The minimum Gasteiger partial charge on any atom is -0.394 e. The predicted octanol–water partition coefficient (Wildman–Crippen LogP) is 3.36.